The number of halogens is 2. The molecule has 0 aliphatic rings. The van der Waals surface area contributed by atoms with Gasteiger partial charge in [0, 0.05) is 24.3 Å². The predicted octanol–water partition coefficient (Wildman–Crippen LogP) is 1.95. The van der Waals surface area contributed by atoms with Gasteiger partial charge in [-0.1, -0.05) is 11.8 Å². The number of rotatable bonds is 4. The van der Waals surface area contributed by atoms with E-state index in [0.29, 0.717) is 6.07 Å². The fourth-order valence-corrected chi connectivity index (χ4v) is 2.00. The summed E-state index contributed by atoms with van der Waals surface area (Å²) >= 11 is 0.830. The van der Waals surface area contributed by atoms with Gasteiger partial charge in [-0.25, -0.2) is 8.78 Å². The molecule has 2 N–H and O–H groups in total. The number of hydrogen-bond donors (Lipinski definition) is 2. The van der Waals surface area contributed by atoms with Crippen LogP contribution < -0.4 is 0 Å². The van der Waals surface area contributed by atoms with Crippen molar-refractivity contribution in [3.63, 3.8) is 0 Å². The maximum Gasteiger partial charge on any atom is 0.185 e. The van der Waals surface area contributed by atoms with Gasteiger partial charge in [-0.05, 0) is 18.6 Å². The molecular weight excluding hydrogens is 262 g/mol. The highest BCUT2D eigenvalue weighted by atomic mass is 32.2. The van der Waals surface area contributed by atoms with Crippen molar-refractivity contribution in [1.82, 2.24) is 0 Å². The molecule has 0 aromatic heterocycles. The molecule has 100 valence electrons. The van der Waals surface area contributed by atoms with Gasteiger partial charge in [0.15, 0.2) is 5.12 Å². The van der Waals surface area contributed by atoms with Crippen molar-refractivity contribution < 1.29 is 23.8 Å². The van der Waals surface area contributed by atoms with Crippen LogP contribution in [0, 0.1) is 18.6 Å². The molecule has 1 aromatic rings. The average Bonchev–Trinajstić information content (AvgIpc) is 2.29. The molecule has 0 radical (unpaired) electrons. The lowest BCUT2D eigenvalue weighted by Gasteiger charge is -2.18. The molecule has 2 unspecified atom stereocenters. The standard InChI is InChI=1S/C12H14F2O3S/c1-6-3-8(10(14)4-9(6)13)12(17)11(16)5-18-7(2)15/h3-4,11-12,16-17H,5H2,1-2H3. The Morgan fingerprint density at radius 3 is 2.50 bits per heavy atom. The van der Waals surface area contributed by atoms with E-state index in [-0.39, 0.29) is 22.0 Å². The van der Waals surface area contributed by atoms with Crippen molar-refractivity contribution >= 4 is 16.9 Å². The SMILES string of the molecule is CC(=O)SCC(O)C(O)c1cc(C)c(F)cc1F. The van der Waals surface area contributed by atoms with E-state index in [2.05, 4.69) is 0 Å². The molecule has 0 saturated carbocycles. The van der Waals surface area contributed by atoms with E-state index >= 15 is 0 Å². The lowest BCUT2D eigenvalue weighted by atomic mass is 10.0. The predicted molar refractivity (Wildman–Crippen MR) is 65.2 cm³/mol. The van der Waals surface area contributed by atoms with Crippen LogP contribution in [0.15, 0.2) is 12.1 Å². The maximum absolute atomic E-state index is 13.5. The van der Waals surface area contributed by atoms with Crippen molar-refractivity contribution in [3.05, 3.63) is 34.9 Å². The lowest BCUT2D eigenvalue weighted by Crippen LogP contribution is -2.22. The number of carbonyl (C=O) groups excluding carboxylic acids is 1. The van der Waals surface area contributed by atoms with Gasteiger partial charge in [0.05, 0.1) is 6.10 Å². The zero-order valence-corrected chi connectivity index (χ0v) is 10.8. The molecule has 0 saturated heterocycles. The van der Waals surface area contributed by atoms with Crippen LogP contribution in [0.3, 0.4) is 0 Å². The number of benzene rings is 1. The lowest BCUT2D eigenvalue weighted by molar-refractivity contribution is -0.109. The molecule has 1 aromatic carbocycles. The number of aryl methyl sites for hydroxylation is 1. The molecule has 0 amide bonds. The topological polar surface area (TPSA) is 57.5 Å². The molecule has 2 atom stereocenters. The first kappa shape index (κ1) is 15.1. The zero-order valence-electron chi connectivity index (χ0n) is 9.98. The molecule has 3 nitrogen and oxygen atoms in total. The zero-order chi connectivity index (χ0) is 13.9. The Balaban J connectivity index is 2.86. The summed E-state index contributed by atoms with van der Waals surface area (Å²) in [6.45, 7) is 2.76. The van der Waals surface area contributed by atoms with Crippen LogP contribution in [0.1, 0.15) is 24.2 Å². The van der Waals surface area contributed by atoms with E-state index in [1.165, 1.54) is 13.8 Å². The number of aliphatic hydroxyl groups is 2. The van der Waals surface area contributed by atoms with Gasteiger partial charge in [0.1, 0.15) is 17.7 Å². The van der Waals surface area contributed by atoms with E-state index < -0.39 is 23.8 Å². The van der Waals surface area contributed by atoms with Gasteiger partial charge in [-0.2, -0.15) is 0 Å². The van der Waals surface area contributed by atoms with Gasteiger partial charge in [-0.15, -0.1) is 0 Å². The van der Waals surface area contributed by atoms with Gasteiger partial charge in [0.25, 0.3) is 0 Å². The minimum Gasteiger partial charge on any atom is -0.389 e. The molecule has 0 aliphatic heterocycles. The molecule has 18 heavy (non-hydrogen) atoms. The Morgan fingerprint density at radius 1 is 1.33 bits per heavy atom. The molecular formula is C12H14F2O3S. The van der Waals surface area contributed by atoms with Crippen LogP contribution >= 0.6 is 11.8 Å². The van der Waals surface area contributed by atoms with Crippen molar-refractivity contribution in [2.75, 3.05) is 5.75 Å². The third kappa shape index (κ3) is 3.76. The number of carbonyl (C=O) groups is 1. The summed E-state index contributed by atoms with van der Waals surface area (Å²) in [4.78, 5) is 10.7. The molecule has 1 rings (SSSR count). The monoisotopic (exact) mass is 276 g/mol. The molecule has 6 heteroatoms. The minimum atomic E-state index is -1.49. The third-order valence-corrected chi connectivity index (χ3v) is 3.33. The maximum atomic E-state index is 13.5. The van der Waals surface area contributed by atoms with Gasteiger partial charge in [-0.3, -0.25) is 4.79 Å². The Hall–Kier alpha value is -0.980. The van der Waals surface area contributed by atoms with Crippen molar-refractivity contribution in [1.29, 1.82) is 0 Å². The molecule has 0 fully saturated rings. The largest absolute Gasteiger partial charge is 0.389 e. The van der Waals surface area contributed by atoms with Crippen LogP contribution in [-0.2, 0) is 4.79 Å². The average molecular weight is 276 g/mol. The summed E-state index contributed by atoms with van der Waals surface area (Å²) in [5.41, 5.74) is 0.00224. The summed E-state index contributed by atoms with van der Waals surface area (Å²) in [5, 5.41) is 19.2. The smallest absolute Gasteiger partial charge is 0.185 e. The third-order valence-electron chi connectivity index (χ3n) is 2.42. The van der Waals surface area contributed by atoms with E-state index in [4.69, 9.17) is 0 Å². The minimum absolute atomic E-state index is 0.0492. The fraction of sp³-hybridized carbons (Fsp3) is 0.417. The second-order valence-corrected chi connectivity index (χ2v) is 5.13. The first-order valence-corrected chi connectivity index (χ1v) is 6.26. The Bertz CT molecular complexity index is 451. The molecule has 0 bridgehead atoms. The second kappa shape index (κ2) is 6.26. The van der Waals surface area contributed by atoms with E-state index in [1.807, 2.05) is 0 Å². The Labute approximate surface area is 108 Å². The summed E-state index contributed by atoms with van der Waals surface area (Å²) < 4.78 is 26.5. The second-order valence-electron chi connectivity index (χ2n) is 3.94. The first-order chi connectivity index (χ1) is 8.32. The van der Waals surface area contributed by atoms with Crippen molar-refractivity contribution in [2.45, 2.75) is 26.1 Å². The Kier molecular flexibility index (Phi) is 5.25. The van der Waals surface area contributed by atoms with Crippen LogP contribution in [0.2, 0.25) is 0 Å². The fourth-order valence-electron chi connectivity index (χ4n) is 1.41. The molecule has 0 spiro atoms. The van der Waals surface area contributed by atoms with Crippen molar-refractivity contribution in [2.24, 2.45) is 0 Å². The van der Waals surface area contributed by atoms with Crippen LogP contribution in [0.5, 0.6) is 0 Å². The van der Waals surface area contributed by atoms with Gasteiger partial charge >= 0.3 is 0 Å². The summed E-state index contributed by atoms with van der Waals surface area (Å²) in [6, 6.07) is 1.82. The summed E-state index contributed by atoms with van der Waals surface area (Å²) in [6.07, 6.45) is -2.78. The first-order valence-electron chi connectivity index (χ1n) is 5.28. The normalized spacial score (nSPS) is 14.3. The summed E-state index contributed by atoms with van der Waals surface area (Å²) in [7, 11) is 0. The van der Waals surface area contributed by atoms with E-state index in [0.717, 1.165) is 17.8 Å². The number of hydrogen-bond acceptors (Lipinski definition) is 4. The van der Waals surface area contributed by atoms with Crippen LogP contribution in [0.4, 0.5) is 8.78 Å². The highest BCUT2D eigenvalue weighted by Gasteiger charge is 2.23. The van der Waals surface area contributed by atoms with Crippen LogP contribution in [0.25, 0.3) is 0 Å². The van der Waals surface area contributed by atoms with Gasteiger partial charge in [0.2, 0.25) is 0 Å². The van der Waals surface area contributed by atoms with Crippen LogP contribution in [-0.4, -0.2) is 27.2 Å². The number of thioether (sulfide) groups is 1. The highest BCUT2D eigenvalue weighted by molar-refractivity contribution is 8.13. The quantitative estimate of drug-likeness (QED) is 0.882. The van der Waals surface area contributed by atoms with Crippen molar-refractivity contribution in [3.8, 4) is 0 Å². The Morgan fingerprint density at radius 2 is 1.94 bits per heavy atom. The highest BCUT2D eigenvalue weighted by Crippen LogP contribution is 2.25. The molecule has 0 heterocycles. The number of aliphatic hydroxyl groups excluding tert-OH is 2. The van der Waals surface area contributed by atoms with E-state index in [9.17, 15) is 23.8 Å². The molecule has 0 aliphatic carbocycles. The van der Waals surface area contributed by atoms with E-state index in [1.54, 1.807) is 0 Å². The summed E-state index contributed by atoms with van der Waals surface area (Å²) in [5.74, 6) is -1.68. The van der Waals surface area contributed by atoms with Gasteiger partial charge < -0.3 is 10.2 Å².